The lowest BCUT2D eigenvalue weighted by molar-refractivity contribution is -0.354. The van der Waals surface area contributed by atoms with Gasteiger partial charge in [0.15, 0.2) is 5.69 Å². The van der Waals surface area contributed by atoms with Crippen molar-refractivity contribution in [3.05, 3.63) is 35.2 Å². The van der Waals surface area contributed by atoms with Crippen molar-refractivity contribution < 1.29 is 9.55 Å². The molecule has 0 aromatic heterocycles. The summed E-state index contributed by atoms with van der Waals surface area (Å²) < 4.78 is 0.0278. The Labute approximate surface area is 63.2 Å². The van der Waals surface area contributed by atoms with E-state index in [0.29, 0.717) is 0 Å². The molecular formula is C7H6N2O2+. The Bertz CT molecular complexity index is 282. The number of nitrogens with one attached hydrogen (secondary N) is 1. The minimum absolute atomic E-state index is 0.0278. The van der Waals surface area contributed by atoms with Crippen LogP contribution >= 0.6 is 0 Å². The molecular weight excluding hydrogens is 144 g/mol. The van der Waals surface area contributed by atoms with Gasteiger partial charge in [-0.15, -0.1) is 0 Å². The maximum absolute atomic E-state index is 10.7. The van der Waals surface area contributed by atoms with Gasteiger partial charge in [-0.3, -0.25) is 0 Å². The number of nitroso groups, excluding NO2 is 1. The van der Waals surface area contributed by atoms with Crippen LogP contribution in [0.1, 0.15) is 0 Å². The standard InChI is InChI=1S/C7H6N2O2/c8-7(10)9(11)6-4-2-1-3-5-6/h1-5,8H/q+1. The molecule has 55 valence electrons. The highest BCUT2D eigenvalue weighted by molar-refractivity contribution is 5.64. The molecule has 0 unspecified atom stereocenters. The molecule has 0 saturated heterocycles. The minimum atomic E-state index is -1.25. The van der Waals surface area contributed by atoms with E-state index in [1.165, 1.54) is 12.1 Å². The van der Waals surface area contributed by atoms with Crippen LogP contribution in [0.5, 0.6) is 0 Å². The number of amides is 2. The van der Waals surface area contributed by atoms with E-state index in [9.17, 15) is 9.70 Å². The Morgan fingerprint density at radius 2 is 1.82 bits per heavy atom. The zero-order chi connectivity index (χ0) is 8.27. The first-order valence-corrected chi connectivity index (χ1v) is 2.99. The van der Waals surface area contributed by atoms with Crippen LogP contribution in [0, 0.1) is 4.91 Å². The normalized spacial score (nSPS) is 9.09. The van der Waals surface area contributed by atoms with Crippen LogP contribution in [0.3, 0.4) is 0 Å². The molecule has 0 heterocycles. The maximum atomic E-state index is 10.7. The number of carbonyl (C=O) groups is 1. The van der Waals surface area contributed by atoms with Gasteiger partial charge in [0.25, 0.3) is 0 Å². The van der Waals surface area contributed by atoms with E-state index in [4.69, 9.17) is 5.73 Å². The summed E-state index contributed by atoms with van der Waals surface area (Å²) in [7, 11) is 0. The van der Waals surface area contributed by atoms with Gasteiger partial charge in [0.05, 0.1) is 4.76 Å². The van der Waals surface area contributed by atoms with Crippen molar-refractivity contribution >= 4 is 11.7 Å². The molecule has 0 aliphatic heterocycles. The summed E-state index contributed by atoms with van der Waals surface area (Å²) in [6.07, 6.45) is 0. The monoisotopic (exact) mass is 150 g/mol. The highest BCUT2D eigenvalue weighted by Crippen LogP contribution is 2.08. The van der Waals surface area contributed by atoms with Gasteiger partial charge in [-0.1, -0.05) is 28.8 Å². The summed E-state index contributed by atoms with van der Waals surface area (Å²) in [6.45, 7) is 0. The van der Waals surface area contributed by atoms with Gasteiger partial charge in [0.2, 0.25) is 0 Å². The third-order valence-corrected chi connectivity index (χ3v) is 1.18. The second kappa shape index (κ2) is 2.92. The predicted octanol–water partition coefficient (Wildman–Crippen LogP) is 1.50. The summed E-state index contributed by atoms with van der Waals surface area (Å²) in [5.74, 6) is 0. The Hall–Kier alpha value is -1.71. The second-order valence-electron chi connectivity index (χ2n) is 1.94. The zero-order valence-electron chi connectivity index (χ0n) is 5.65. The van der Waals surface area contributed by atoms with Gasteiger partial charge in [-0.2, -0.15) is 4.79 Å². The molecule has 0 fully saturated rings. The molecule has 1 aromatic carbocycles. The van der Waals surface area contributed by atoms with Gasteiger partial charge in [-0.25, -0.2) is 0 Å². The van der Waals surface area contributed by atoms with Gasteiger partial charge >= 0.3 is 6.03 Å². The Morgan fingerprint density at radius 3 is 2.27 bits per heavy atom. The summed E-state index contributed by atoms with van der Waals surface area (Å²) in [6, 6.07) is 6.67. The van der Waals surface area contributed by atoms with E-state index in [1.54, 1.807) is 18.2 Å². The summed E-state index contributed by atoms with van der Waals surface area (Å²) in [5.41, 5.74) is 6.68. The molecule has 0 aliphatic carbocycles. The van der Waals surface area contributed by atoms with Gasteiger partial charge < -0.3 is 0 Å². The fourth-order valence-electron chi connectivity index (χ4n) is 0.681. The third-order valence-electron chi connectivity index (χ3n) is 1.18. The van der Waals surface area contributed by atoms with Crippen molar-refractivity contribution in [2.75, 3.05) is 0 Å². The predicted molar refractivity (Wildman–Crippen MR) is 38.2 cm³/mol. The Balaban J connectivity index is 2.95. The molecule has 4 heteroatoms. The smallest absolute Gasteiger partial charge is 0.190 e. The van der Waals surface area contributed by atoms with Crippen LogP contribution < -0.4 is 5.73 Å². The summed E-state index contributed by atoms with van der Waals surface area (Å²) in [4.78, 5) is 20.9. The first-order valence-electron chi connectivity index (χ1n) is 2.99. The van der Waals surface area contributed by atoms with Crippen LogP contribution in [-0.2, 0) is 0 Å². The quantitative estimate of drug-likeness (QED) is 0.569. The molecule has 2 amide bonds. The highest BCUT2D eigenvalue weighted by Gasteiger charge is 2.17. The van der Waals surface area contributed by atoms with E-state index in [0.717, 1.165) is 0 Å². The Kier molecular flexibility index (Phi) is 1.96. The molecule has 1 N–H and O–H groups in total. The fraction of sp³-hybridized carbons (Fsp3) is 0. The average Bonchev–Trinajstić information content (AvgIpc) is 2.05. The number of para-hydroxylation sites is 1. The molecule has 11 heavy (non-hydrogen) atoms. The van der Waals surface area contributed by atoms with Crippen LogP contribution in [0.15, 0.2) is 30.3 Å². The molecule has 0 saturated carbocycles. The minimum Gasteiger partial charge on any atom is -0.190 e. The van der Waals surface area contributed by atoms with Crippen molar-refractivity contribution in [3.8, 4) is 0 Å². The Morgan fingerprint density at radius 1 is 1.27 bits per heavy atom. The number of hydrogen-bond acceptors (Lipinski definition) is 2. The second-order valence-corrected chi connectivity index (χ2v) is 1.94. The van der Waals surface area contributed by atoms with E-state index >= 15 is 0 Å². The molecule has 0 bridgehead atoms. The van der Waals surface area contributed by atoms with Gasteiger partial charge in [-0.05, 0) is 12.1 Å². The van der Waals surface area contributed by atoms with Gasteiger partial charge in [0.1, 0.15) is 0 Å². The number of urea groups is 1. The van der Waals surface area contributed by atoms with Crippen LogP contribution in [-0.4, -0.2) is 10.8 Å². The summed E-state index contributed by atoms with van der Waals surface area (Å²) in [5, 5.41) is 0. The topological polar surface area (TPSA) is 61.0 Å². The fourth-order valence-corrected chi connectivity index (χ4v) is 0.681. The number of nitrogens with zero attached hydrogens (tertiary/aromatic N) is 1. The first-order chi connectivity index (χ1) is 5.22. The molecule has 0 spiro atoms. The molecule has 4 nitrogen and oxygen atoms in total. The summed E-state index contributed by atoms with van der Waals surface area (Å²) >= 11 is 0. The van der Waals surface area contributed by atoms with Crippen molar-refractivity contribution in [1.82, 2.24) is 5.73 Å². The highest BCUT2D eigenvalue weighted by atomic mass is 16.3. The lowest BCUT2D eigenvalue weighted by Gasteiger charge is -1.87. The zero-order valence-corrected chi connectivity index (χ0v) is 5.65. The van der Waals surface area contributed by atoms with Gasteiger partial charge in [0, 0.05) is 0 Å². The van der Waals surface area contributed by atoms with E-state index in [-0.39, 0.29) is 10.4 Å². The van der Waals surface area contributed by atoms with E-state index in [1.807, 2.05) is 0 Å². The molecule has 1 radical (unpaired) electrons. The number of benzene rings is 1. The molecule has 0 aliphatic rings. The van der Waals surface area contributed by atoms with Crippen molar-refractivity contribution in [1.29, 1.82) is 0 Å². The van der Waals surface area contributed by atoms with Crippen molar-refractivity contribution in [2.24, 2.45) is 0 Å². The number of carbonyl (C=O) groups excluding carboxylic acids is 1. The van der Waals surface area contributed by atoms with Crippen LogP contribution in [0.2, 0.25) is 0 Å². The van der Waals surface area contributed by atoms with E-state index < -0.39 is 6.03 Å². The first kappa shape index (κ1) is 7.40. The SMILES string of the molecule is [NH]C(=O)[N+](=O)c1ccccc1. The van der Waals surface area contributed by atoms with Crippen molar-refractivity contribution in [2.45, 2.75) is 0 Å². The maximum Gasteiger partial charge on any atom is 0.576 e. The lowest BCUT2D eigenvalue weighted by atomic mass is 10.3. The van der Waals surface area contributed by atoms with Crippen molar-refractivity contribution in [3.63, 3.8) is 0 Å². The molecule has 1 rings (SSSR count). The third kappa shape index (κ3) is 1.61. The number of rotatable bonds is 1. The van der Waals surface area contributed by atoms with E-state index in [2.05, 4.69) is 0 Å². The molecule has 0 atom stereocenters. The number of hydrogen-bond donors (Lipinski definition) is 0. The van der Waals surface area contributed by atoms with Crippen LogP contribution in [0.4, 0.5) is 10.5 Å². The van der Waals surface area contributed by atoms with Crippen LogP contribution in [0.25, 0.3) is 0 Å². The molecule has 1 aromatic rings. The largest absolute Gasteiger partial charge is 0.576 e. The average molecular weight is 150 g/mol. The lowest BCUT2D eigenvalue weighted by Crippen LogP contribution is -2.10.